The van der Waals surface area contributed by atoms with E-state index in [1.165, 1.54) is 5.56 Å². The third-order valence-corrected chi connectivity index (χ3v) is 2.63. The molecule has 0 bridgehead atoms. The van der Waals surface area contributed by atoms with Crippen molar-refractivity contribution in [3.05, 3.63) is 29.8 Å². The van der Waals surface area contributed by atoms with Crippen molar-refractivity contribution in [3.63, 3.8) is 0 Å². The molecule has 0 aliphatic rings. The molecule has 1 rings (SSSR count). The molecule has 3 heteroatoms. The van der Waals surface area contributed by atoms with Crippen molar-refractivity contribution in [2.75, 3.05) is 11.4 Å². The second-order valence-corrected chi connectivity index (χ2v) is 4.57. The molecular formula is C13H20N2S. The van der Waals surface area contributed by atoms with Crippen LogP contribution in [0.2, 0.25) is 0 Å². The standard InChI is InChI=1S/C13H20N2S/c1-5-15(13(16)14-10(2)3)12-8-6-7-11(4)9-12/h6-10H,5H2,1-4H3,(H,14,16). The van der Waals surface area contributed by atoms with Gasteiger partial charge in [0.05, 0.1) is 0 Å². The number of thiocarbonyl (C=S) groups is 1. The summed E-state index contributed by atoms with van der Waals surface area (Å²) in [7, 11) is 0. The molecule has 1 N–H and O–H groups in total. The number of hydrogen-bond donors (Lipinski definition) is 1. The molecule has 0 saturated carbocycles. The van der Waals surface area contributed by atoms with E-state index >= 15 is 0 Å². The smallest absolute Gasteiger partial charge is 0.173 e. The van der Waals surface area contributed by atoms with Gasteiger partial charge < -0.3 is 10.2 Å². The summed E-state index contributed by atoms with van der Waals surface area (Å²) in [4.78, 5) is 2.11. The average Bonchev–Trinajstić information content (AvgIpc) is 2.17. The van der Waals surface area contributed by atoms with E-state index in [0.29, 0.717) is 6.04 Å². The predicted molar refractivity (Wildman–Crippen MR) is 75.1 cm³/mol. The predicted octanol–water partition coefficient (Wildman–Crippen LogP) is 3.10. The van der Waals surface area contributed by atoms with Crippen molar-refractivity contribution >= 4 is 23.0 Å². The molecule has 0 spiro atoms. The minimum absolute atomic E-state index is 0.367. The van der Waals surface area contributed by atoms with Crippen LogP contribution in [0.4, 0.5) is 5.69 Å². The quantitative estimate of drug-likeness (QED) is 0.812. The summed E-state index contributed by atoms with van der Waals surface area (Å²) in [6.07, 6.45) is 0. The Balaban J connectivity index is 2.85. The van der Waals surface area contributed by atoms with Gasteiger partial charge in [-0.25, -0.2) is 0 Å². The molecule has 1 aromatic rings. The number of hydrogen-bond acceptors (Lipinski definition) is 1. The number of anilines is 1. The van der Waals surface area contributed by atoms with Gasteiger partial charge in [-0.1, -0.05) is 12.1 Å². The summed E-state index contributed by atoms with van der Waals surface area (Å²) in [6, 6.07) is 8.76. The number of nitrogens with one attached hydrogen (secondary N) is 1. The lowest BCUT2D eigenvalue weighted by atomic mass is 10.2. The maximum atomic E-state index is 5.39. The zero-order valence-electron chi connectivity index (χ0n) is 10.4. The molecule has 2 nitrogen and oxygen atoms in total. The fourth-order valence-corrected chi connectivity index (χ4v) is 2.03. The maximum Gasteiger partial charge on any atom is 0.173 e. The lowest BCUT2D eigenvalue weighted by Gasteiger charge is -2.26. The lowest BCUT2D eigenvalue weighted by Crippen LogP contribution is -2.42. The number of aryl methyl sites for hydroxylation is 1. The molecule has 0 saturated heterocycles. The van der Waals surface area contributed by atoms with Gasteiger partial charge in [0.1, 0.15) is 0 Å². The van der Waals surface area contributed by atoms with Crippen LogP contribution in [0.5, 0.6) is 0 Å². The number of benzene rings is 1. The first-order valence-electron chi connectivity index (χ1n) is 5.69. The first-order valence-corrected chi connectivity index (χ1v) is 6.10. The van der Waals surface area contributed by atoms with Gasteiger partial charge in [0.15, 0.2) is 5.11 Å². The van der Waals surface area contributed by atoms with Gasteiger partial charge in [-0.15, -0.1) is 0 Å². The summed E-state index contributed by atoms with van der Waals surface area (Å²) < 4.78 is 0. The van der Waals surface area contributed by atoms with Crippen LogP contribution in [0.15, 0.2) is 24.3 Å². The highest BCUT2D eigenvalue weighted by atomic mass is 32.1. The van der Waals surface area contributed by atoms with Gasteiger partial charge in [0.2, 0.25) is 0 Å². The third kappa shape index (κ3) is 3.49. The second-order valence-electron chi connectivity index (χ2n) is 4.19. The molecule has 0 aliphatic carbocycles. The van der Waals surface area contributed by atoms with Crippen LogP contribution in [0, 0.1) is 6.92 Å². The Bertz CT molecular complexity index is 361. The SMILES string of the molecule is CCN(C(=S)NC(C)C)c1cccc(C)c1. The van der Waals surface area contributed by atoms with Gasteiger partial charge in [0, 0.05) is 18.3 Å². The Morgan fingerprint density at radius 2 is 2.12 bits per heavy atom. The fraction of sp³-hybridized carbons (Fsp3) is 0.462. The van der Waals surface area contributed by atoms with Crippen LogP contribution < -0.4 is 10.2 Å². The molecule has 0 heterocycles. The average molecular weight is 236 g/mol. The Morgan fingerprint density at radius 1 is 1.44 bits per heavy atom. The second kappa shape index (κ2) is 5.85. The molecule has 1 aromatic carbocycles. The van der Waals surface area contributed by atoms with Crippen molar-refractivity contribution in [1.29, 1.82) is 0 Å². The topological polar surface area (TPSA) is 15.3 Å². The summed E-state index contributed by atoms with van der Waals surface area (Å²) in [5, 5.41) is 4.06. The van der Waals surface area contributed by atoms with Crippen LogP contribution in [0.25, 0.3) is 0 Å². The summed E-state index contributed by atoms with van der Waals surface area (Å²) in [5.74, 6) is 0. The molecular weight excluding hydrogens is 216 g/mol. The zero-order chi connectivity index (χ0) is 12.1. The Morgan fingerprint density at radius 3 is 2.62 bits per heavy atom. The maximum absolute atomic E-state index is 5.39. The van der Waals surface area contributed by atoms with E-state index in [9.17, 15) is 0 Å². The van der Waals surface area contributed by atoms with Crippen LogP contribution in [-0.2, 0) is 0 Å². The first kappa shape index (κ1) is 13.0. The van der Waals surface area contributed by atoms with E-state index in [0.717, 1.165) is 17.3 Å². The van der Waals surface area contributed by atoms with Crippen molar-refractivity contribution in [2.24, 2.45) is 0 Å². The summed E-state index contributed by atoms with van der Waals surface area (Å²) >= 11 is 5.39. The molecule has 0 amide bonds. The van der Waals surface area contributed by atoms with Crippen LogP contribution in [-0.4, -0.2) is 17.7 Å². The molecule has 0 unspecified atom stereocenters. The van der Waals surface area contributed by atoms with Gasteiger partial charge >= 0.3 is 0 Å². The molecule has 0 aromatic heterocycles. The van der Waals surface area contributed by atoms with E-state index in [-0.39, 0.29) is 0 Å². The minimum atomic E-state index is 0.367. The molecule has 0 radical (unpaired) electrons. The Kier molecular flexibility index (Phi) is 4.74. The first-order chi connectivity index (χ1) is 7.54. The Labute approximate surface area is 104 Å². The van der Waals surface area contributed by atoms with Crippen molar-refractivity contribution in [1.82, 2.24) is 5.32 Å². The molecule has 88 valence electrons. The fourth-order valence-electron chi connectivity index (χ4n) is 1.56. The van der Waals surface area contributed by atoms with Crippen LogP contribution in [0.3, 0.4) is 0 Å². The third-order valence-electron chi connectivity index (χ3n) is 2.29. The van der Waals surface area contributed by atoms with E-state index in [4.69, 9.17) is 12.2 Å². The van der Waals surface area contributed by atoms with E-state index < -0.39 is 0 Å². The molecule has 16 heavy (non-hydrogen) atoms. The number of rotatable bonds is 3. The van der Waals surface area contributed by atoms with E-state index in [1.807, 2.05) is 0 Å². The molecule has 0 atom stereocenters. The zero-order valence-corrected chi connectivity index (χ0v) is 11.3. The highest BCUT2D eigenvalue weighted by Crippen LogP contribution is 2.15. The van der Waals surface area contributed by atoms with Crippen molar-refractivity contribution in [3.8, 4) is 0 Å². The van der Waals surface area contributed by atoms with Crippen molar-refractivity contribution in [2.45, 2.75) is 33.7 Å². The van der Waals surface area contributed by atoms with Gasteiger partial charge in [0.25, 0.3) is 0 Å². The van der Waals surface area contributed by atoms with Crippen LogP contribution in [0.1, 0.15) is 26.3 Å². The largest absolute Gasteiger partial charge is 0.360 e. The molecule has 0 fully saturated rings. The van der Waals surface area contributed by atoms with E-state index in [1.54, 1.807) is 0 Å². The monoisotopic (exact) mass is 236 g/mol. The van der Waals surface area contributed by atoms with Gasteiger partial charge in [-0.2, -0.15) is 0 Å². The van der Waals surface area contributed by atoms with Crippen molar-refractivity contribution < 1.29 is 0 Å². The summed E-state index contributed by atoms with van der Waals surface area (Å²) in [6.45, 7) is 9.27. The highest BCUT2D eigenvalue weighted by Gasteiger charge is 2.10. The minimum Gasteiger partial charge on any atom is -0.360 e. The van der Waals surface area contributed by atoms with Gasteiger partial charge in [-0.05, 0) is 57.6 Å². The highest BCUT2D eigenvalue weighted by molar-refractivity contribution is 7.80. The lowest BCUT2D eigenvalue weighted by molar-refractivity contribution is 0.728. The Hall–Kier alpha value is -1.09. The molecule has 0 aliphatic heterocycles. The number of nitrogens with zero attached hydrogens (tertiary/aromatic N) is 1. The summed E-state index contributed by atoms with van der Waals surface area (Å²) in [5.41, 5.74) is 2.41. The normalized spacial score (nSPS) is 10.3. The van der Waals surface area contributed by atoms with Crippen LogP contribution >= 0.6 is 12.2 Å². The van der Waals surface area contributed by atoms with E-state index in [2.05, 4.69) is 62.2 Å². The van der Waals surface area contributed by atoms with Gasteiger partial charge in [-0.3, -0.25) is 0 Å².